The van der Waals surface area contributed by atoms with Crippen LogP contribution in [-0.4, -0.2) is 20.3 Å². The van der Waals surface area contributed by atoms with Gasteiger partial charge in [0, 0.05) is 0 Å². The van der Waals surface area contributed by atoms with Crippen LogP contribution in [0.15, 0.2) is 18.2 Å². The third kappa shape index (κ3) is 4.46. The molecule has 0 aliphatic heterocycles. The Morgan fingerprint density at radius 2 is 2.05 bits per heavy atom. The van der Waals surface area contributed by atoms with Gasteiger partial charge in [-0.1, -0.05) is 19.9 Å². The standard InChI is InChI=1S/C15H22N2O2/c1-5-19-14-7-6-12(8-15(14)18-4)13(9-16)17-10-11(2)3/h6-8,11,13,17H,5,10H2,1-4H3. The van der Waals surface area contributed by atoms with E-state index in [4.69, 9.17) is 9.47 Å². The van der Waals surface area contributed by atoms with E-state index in [1.165, 1.54) is 0 Å². The number of nitriles is 1. The first-order chi connectivity index (χ1) is 9.12. The molecule has 0 spiro atoms. The number of hydrogen-bond donors (Lipinski definition) is 1. The highest BCUT2D eigenvalue weighted by atomic mass is 16.5. The molecule has 0 fully saturated rings. The van der Waals surface area contributed by atoms with E-state index in [0.29, 0.717) is 24.0 Å². The zero-order chi connectivity index (χ0) is 14.3. The van der Waals surface area contributed by atoms with Crippen LogP contribution < -0.4 is 14.8 Å². The van der Waals surface area contributed by atoms with Crippen molar-refractivity contribution in [3.63, 3.8) is 0 Å². The van der Waals surface area contributed by atoms with E-state index in [1.807, 2.05) is 25.1 Å². The Kier molecular flexibility index (Phi) is 6.17. The lowest BCUT2D eigenvalue weighted by molar-refractivity contribution is 0.310. The number of methoxy groups -OCH3 is 1. The van der Waals surface area contributed by atoms with Crippen molar-refractivity contribution in [2.45, 2.75) is 26.8 Å². The molecule has 0 saturated heterocycles. The summed E-state index contributed by atoms with van der Waals surface area (Å²) in [4.78, 5) is 0. The summed E-state index contributed by atoms with van der Waals surface area (Å²) in [5.41, 5.74) is 0.892. The van der Waals surface area contributed by atoms with Crippen molar-refractivity contribution in [2.24, 2.45) is 5.92 Å². The van der Waals surface area contributed by atoms with Crippen molar-refractivity contribution in [1.29, 1.82) is 5.26 Å². The first-order valence-corrected chi connectivity index (χ1v) is 6.56. The molecular formula is C15H22N2O2. The molecule has 1 atom stereocenters. The fourth-order valence-corrected chi connectivity index (χ4v) is 1.73. The first kappa shape index (κ1) is 15.3. The molecule has 0 aliphatic rings. The van der Waals surface area contributed by atoms with Crippen LogP contribution in [0.4, 0.5) is 0 Å². The minimum Gasteiger partial charge on any atom is -0.493 e. The minimum atomic E-state index is -0.327. The van der Waals surface area contributed by atoms with E-state index >= 15 is 0 Å². The minimum absolute atomic E-state index is 0.327. The van der Waals surface area contributed by atoms with Crippen molar-refractivity contribution in [2.75, 3.05) is 20.3 Å². The van der Waals surface area contributed by atoms with Gasteiger partial charge in [0.25, 0.3) is 0 Å². The van der Waals surface area contributed by atoms with Gasteiger partial charge in [-0.05, 0) is 37.1 Å². The Labute approximate surface area is 115 Å². The molecule has 1 N–H and O–H groups in total. The lowest BCUT2D eigenvalue weighted by atomic mass is 10.1. The molecular weight excluding hydrogens is 240 g/mol. The van der Waals surface area contributed by atoms with E-state index in [9.17, 15) is 5.26 Å². The molecule has 19 heavy (non-hydrogen) atoms. The molecule has 1 aromatic rings. The van der Waals surface area contributed by atoms with Crippen LogP contribution in [0.1, 0.15) is 32.4 Å². The molecule has 0 saturated carbocycles. The fourth-order valence-electron chi connectivity index (χ4n) is 1.73. The summed E-state index contributed by atoms with van der Waals surface area (Å²) < 4.78 is 10.8. The molecule has 0 aromatic heterocycles. The van der Waals surface area contributed by atoms with E-state index in [-0.39, 0.29) is 6.04 Å². The maximum atomic E-state index is 9.24. The summed E-state index contributed by atoms with van der Waals surface area (Å²) in [6.07, 6.45) is 0. The highest BCUT2D eigenvalue weighted by Gasteiger charge is 2.13. The van der Waals surface area contributed by atoms with E-state index in [0.717, 1.165) is 12.1 Å². The lowest BCUT2D eigenvalue weighted by Gasteiger charge is -2.16. The number of hydrogen-bond acceptors (Lipinski definition) is 4. The van der Waals surface area contributed by atoms with Crippen molar-refractivity contribution >= 4 is 0 Å². The Morgan fingerprint density at radius 3 is 2.58 bits per heavy atom. The van der Waals surface area contributed by atoms with Crippen molar-refractivity contribution in [3.05, 3.63) is 23.8 Å². The number of ether oxygens (including phenoxy) is 2. The molecule has 1 aromatic carbocycles. The van der Waals surface area contributed by atoms with Crippen LogP contribution in [0, 0.1) is 17.2 Å². The van der Waals surface area contributed by atoms with Gasteiger partial charge in [0.1, 0.15) is 6.04 Å². The summed E-state index contributed by atoms with van der Waals surface area (Å²) in [7, 11) is 1.60. The largest absolute Gasteiger partial charge is 0.493 e. The molecule has 0 bridgehead atoms. The topological polar surface area (TPSA) is 54.3 Å². The van der Waals surface area contributed by atoms with Gasteiger partial charge in [-0.3, -0.25) is 5.32 Å². The molecule has 1 rings (SSSR count). The smallest absolute Gasteiger partial charge is 0.161 e. The van der Waals surface area contributed by atoms with Crippen LogP contribution in [0.3, 0.4) is 0 Å². The predicted octanol–water partition coefficient (Wildman–Crippen LogP) is 2.90. The number of nitrogens with zero attached hydrogens (tertiary/aromatic N) is 1. The van der Waals surface area contributed by atoms with Gasteiger partial charge < -0.3 is 9.47 Å². The van der Waals surface area contributed by atoms with Gasteiger partial charge >= 0.3 is 0 Å². The third-order valence-corrected chi connectivity index (χ3v) is 2.68. The SMILES string of the molecule is CCOc1ccc(C(C#N)NCC(C)C)cc1OC. The van der Waals surface area contributed by atoms with Crippen molar-refractivity contribution in [3.8, 4) is 17.6 Å². The number of rotatable bonds is 7. The lowest BCUT2D eigenvalue weighted by Crippen LogP contribution is -2.24. The van der Waals surface area contributed by atoms with Gasteiger partial charge in [0.05, 0.1) is 19.8 Å². The first-order valence-electron chi connectivity index (χ1n) is 6.56. The average molecular weight is 262 g/mol. The normalized spacial score (nSPS) is 12.0. The van der Waals surface area contributed by atoms with Gasteiger partial charge in [-0.25, -0.2) is 0 Å². The monoisotopic (exact) mass is 262 g/mol. The van der Waals surface area contributed by atoms with Crippen LogP contribution in [0.2, 0.25) is 0 Å². The zero-order valence-corrected chi connectivity index (χ0v) is 12.1. The second kappa shape index (κ2) is 7.65. The molecule has 4 heteroatoms. The highest BCUT2D eigenvalue weighted by Crippen LogP contribution is 2.30. The van der Waals surface area contributed by atoms with E-state index < -0.39 is 0 Å². The van der Waals surface area contributed by atoms with E-state index in [2.05, 4.69) is 25.2 Å². The quantitative estimate of drug-likeness (QED) is 0.821. The predicted molar refractivity (Wildman–Crippen MR) is 75.4 cm³/mol. The zero-order valence-electron chi connectivity index (χ0n) is 12.1. The fraction of sp³-hybridized carbons (Fsp3) is 0.533. The summed E-state index contributed by atoms with van der Waals surface area (Å²) >= 11 is 0. The van der Waals surface area contributed by atoms with Gasteiger partial charge in [0.15, 0.2) is 11.5 Å². The second-order valence-corrected chi connectivity index (χ2v) is 4.71. The van der Waals surface area contributed by atoms with Gasteiger partial charge in [-0.2, -0.15) is 5.26 Å². The summed E-state index contributed by atoms with van der Waals surface area (Å²) in [6, 6.07) is 7.54. The molecule has 104 valence electrons. The van der Waals surface area contributed by atoms with Gasteiger partial charge in [-0.15, -0.1) is 0 Å². The Hall–Kier alpha value is -1.73. The molecule has 1 unspecified atom stereocenters. The maximum absolute atomic E-state index is 9.24. The van der Waals surface area contributed by atoms with Crippen LogP contribution >= 0.6 is 0 Å². The van der Waals surface area contributed by atoms with Crippen molar-refractivity contribution in [1.82, 2.24) is 5.32 Å². The maximum Gasteiger partial charge on any atom is 0.161 e. The molecule has 0 heterocycles. The van der Waals surface area contributed by atoms with Gasteiger partial charge in [0.2, 0.25) is 0 Å². The molecule has 0 aliphatic carbocycles. The number of nitrogens with one attached hydrogen (secondary N) is 1. The summed E-state index contributed by atoms with van der Waals surface area (Å²) in [5, 5.41) is 12.5. The van der Waals surface area contributed by atoms with E-state index in [1.54, 1.807) is 7.11 Å². The van der Waals surface area contributed by atoms with Crippen LogP contribution in [-0.2, 0) is 0 Å². The van der Waals surface area contributed by atoms with Crippen LogP contribution in [0.25, 0.3) is 0 Å². The Morgan fingerprint density at radius 1 is 1.32 bits per heavy atom. The second-order valence-electron chi connectivity index (χ2n) is 4.71. The number of benzene rings is 1. The average Bonchev–Trinajstić information content (AvgIpc) is 2.40. The summed E-state index contributed by atoms with van der Waals surface area (Å²) in [6.45, 7) is 7.53. The van der Waals surface area contributed by atoms with Crippen LogP contribution in [0.5, 0.6) is 11.5 Å². The Balaban J connectivity index is 2.90. The molecule has 4 nitrogen and oxygen atoms in total. The molecule has 0 amide bonds. The highest BCUT2D eigenvalue weighted by molar-refractivity contribution is 5.44. The Bertz CT molecular complexity index is 438. The molecule has 0 radical (unpaired) electrons. The summed E-state index contributed by atoms with van der Waals surface area (Å²) in [5.74, 6) is 1.86. The third-order valence-electron chi connectivity index (χ3n) is 2.68. The van der Waals surface area contributed by atoms with Crippen molar-refractivity contribution < 1.29 is 9.47 Å².